The number of nitrogens with zero attached hydrogens (tertiary/aromatic N) is 5. The third-order valence-electron chi connectivity index (χ3n) is 4.79. The van der Waals surface area contributed by atoms with E-state index in [0.717, 1.165) is 30.4 Å². The molecule has 10 heteroatoms. The van der Waals surface area contributed by atoms with Crippen molar-refractivity contribution in [1.82, 2.24) is 20.0 Å². The van der Waals surface area contributed by atoms with Crippen molar-refractivity contribution in [3.8, 4) is 17.1 Å². The summed E-state index contributed by atoms with van der Waals surface area (Å²) in [6, 6.07) is 10.7. The molecule has 30 heavy (non-hydrogen) atoms. The molecular formula is C20H20F3N5O2. The Bertz CT molecular complexity index is 965. The van der Waals surface area contributed by atoms with E-state index in [1.54, 1.807) is 0 Å². The molecule has 1 fully saturated rings. The van der Waals surface area contributed by atoms with Crippen molar-refractivity contribution in [2.75, 3.05) is 31.1 Å². The number of ether oxygens (including phenoxy) is 1. The van der Waals surface area contributed by atoms with Gasteiger partial charge in [-0.3, -0.25) is 4.90 Å². The fraction of sp³-hybridized carbons (Fsp3) is 0.350. The fourth-order valence-electron chi connectivity index (χ4n) is 3.22. The molecule has 0 spiro atoms. The summed E-state index contributed by atoms with van der Waals surface area (Å²) >= 11 is 0. The predicted octanol–water partition coefficient (Wildman–Crippen LogP) is 3.66. The van der Waals surface area contributed by atoms with Gasteiger partial charge in [-0.2, -0.15) is 4.98 Å². The van der Waals surface area contributed by atoms with Crippen LogP contribution >= 0.6 is 0 Å². The zero-order valence-corrected chi connectivity index (χ0v) is 16.3. The van der Waals surface area contributed by atoms with Gasteiger partial charge in [-0.1, -0.05) is 35.0 Å². The summed E-state index contributed by atoms with van der Waals surface area (Å²) in [7, 11) is 0. The van der Waals surface area contributed by atoms with E-state index in [4.69, 9.17) is 4.52 Å². The molecule has 0 atom stereocenters. The van der Waals surface area contributed by atoms with Crippen LogP contribution < -0.4 is 9.64 Å². The minimum atomic E-state index is -4.72. The molecule has 1 aliphatic rings. The monoisotopic (exact) mass is 419 g/mol. The van der Waals surface area contributed by atoms with Gasteiger partial charge in [0.1, 0.15) is 11.6 Å². The van der Waals surface area contributed by atoms with Crippen LogP contribution in [0.4, 0.5) is 19.0 Å². The zero-order valence-electron chi connectivity index (χ0n) is 16.3. The Kier molecular flexibility index (Phi) is 5.58. The Balaban J connectivity index is 1.30. The summed E-state index contributed by atoms with van der Waals surface area (Å²) in [6.07, 6.45) is -3.64. The maximum Gasteiger partial charge on any atom is 0.573 e. The van der Waals surface area contributed by atoms with Crippen LogP contribution in [0.1, 0.15) is 11.5 Å². The number of anilines is 1. The smallest absolute Gasteiger partial charge is 0.404 e. The number of aromatic nitrogens is 3. The van der Waals surface area contributed by atoms with Gasteiger partial charge in [-0.05, 0) is 19.1 Å². The molecule has 4 rings (SSSR count). The van der Waals surface area contributed by atoms with E-state index in [0.29, 0.717) is 37.2 Å². The highest BCUT2D eigenvalue weighted by atomic mass is 19.4. The van der Waals surface area contributed by atoms with Gasteiger partial charge in [0.2, 0.25) is 11.7 Å². The van der Waals surface area contributed by atoms with Crippen molar-refractivity contribution >= 4 is 5.82 Å². The minimum absolute atomic E-state index is 0.328. The second-order valence-electron chi connectivity index (χ2n) is 7.04. The van der Waals surface area contributed by atoms with Gasteiger partial charge in [0, 0.05) is 31.7 Å². The largest absolute Gasteiger partial charge is 0.573 e. The molecule has 2 aromatic heterocycles. The summed E-state index contributed by atoms with van der Waals surface area (Å²) in [5, 5.41) is 4.05. The number of piperazine rings is 1. The Morgan fingerprint density at radius 3 is 2.40 bits per heavy atom. The van der Waals surface area contributed by atoms with E-state index in [1.165, 1.54) is 12.1 Å². The van der Waals surface area contributed by atoms with Crippen LogP contribution in [0.15, 0.2) is 47.1 Å². The van der Waals surface area contributed by atoms with E-state index in [-0.39, 0.29) is 5.75 Å². The van der Waals surface area contributed by atoms with Crippen LogP contribution in [0.3, 0.4) is 0 Å². The van der Waals surface area contributed by atoms with E-state index >= 15 is 0 Å². The van der Waals surface area contributed by atoms with Gasteiger partial charge in [0.25, 0.3) is 0 Å². The Morgan fingerprint density at radius 2 is 1.77 bits per heavy atom. The Hall–Kier alpha value is -3.14. The van der Waals surface area contributed by atoms with Crippen molar-refractivity contribution in [3.05, 3.63) is 54.0 Å². The molecule has 3 heterocycles. The molecule has 3 aromatic rings. The first-order valence-electron chi connectivity index (χ1n) is 9.44. The standard InChI is InChI=1S/C20H20F3N5O2/c1-14-2-4-15(5-3-14)19-25-18(30-26-19)13-27-8-10-28(11-9-27)17-7-6-16(12-24-17)29-20(21,22)23/h2-7,12H,8-11,13H2,1H3. The normalized spacial score (nSPS) is 15.4. The molecule has 1 aliphatic heterocycles. The second-order valence-corrected chi connectivity index (χ2v) is 7.04. The summed E-state index contributed by atoms with van der Waals surface area (Å²) in [6.45, 7) is 5.41. The summed E-state index contributed by atoms with van der Waals surface area (Å²) in [5.74, 6) is 1.40. The van der Waals surface area contributed by atoms with Gasteiger partial charge >= 0.3 is 6.36 Å². The molecule has 0 radical (unpaired) electrons. The van der Waals surface area contributed by atoms with E-state index in [1.807, 2.05) is 36.1 Å². The van der Waals surface area contributed by atoms with Gasteiger partial charge in [-0.25, -0.2) is 4.98 Å². The molecule has 0 N–H and O–H groups in total. The number of aryl methyl sites for hydroxylation is 1. The maximum atomic E-state index is 12.2. The molecule has 0 aliphatic carbocycles. The molecule has 7 nitrogen and oxygen atoms in total. The average molecular weight is 419 g/mol. The van der Waals surface area contributed by atoms with Crippen LogP contribution in [0, 0.1) is 6.92 Å². The number of pyridine rings is 1. The molecule has 0 amide bonds. The van der Waals surface area contributed by atoms with Crippen LogP contribution in [-0.4, -0.2) is 52.6 Å². The van der Waals surface area contributed by atoms with Crippen molar-refractivity contribution in [2.45, 2.75) is 19.8 Å². The van der Waals surface area contributed by atoms with Crippen molar-refractivity contribution in [3.63, 3.8) is 0 Å². The lowest BCUT2D eigenvalue weighted by Gasteiger charge is -2.34. The van der Waals surface area contributed by atoms with Crippen LogP contribution in [0.25, 0.3) is 11.4 Å². The van der Waals surface area contributed by atoms with Gasteiger partial charge in [0.05, 0.1) is 12.7 Å². The topological polar surface area (TPSA) is 67.5 Å². The third kappa shape index (κ3) is 5.07. The molecular weight excluding hydrogens is 399 g/mol. The highest BCUT2D eigenvalue weighted by molar-refractivity contribution is 5.54. The lowest BCUT2D eigenvalue weighted by Crippen LogP contribution is -2.46. The third-order valence-corrected chi connectivity index (χ3v) is 4.79. The van der Waals surface area contributed by atoms with Gasteiger partial charge < -0.3 is 14.2 Å². The number of rotatable bonds is 5. The van der Waals surface area contributed by atoms with E-state index < -0.39 is 6.36 Å². The Labute approximate surface area is 171 Å². The highest BCUT2D eigenvalue weighted by Gasteiger charge is 2.31. The second kappa shape index (κ2) is 8.31. The number of hydrogen-bond donors (Lipinski definition) is 0. The summed E-state index contributed by atoms with van der Waals surface area (Å²) in [4.78, 5) is 12.7. The molecule has 0 unspecified atom stereocenters. The van der Waals surface area contributed by atoms with Crippen LogP contribution in [-0.2, 0) is 6.54 Å². The lowest BCUT2D eigenvalue weighted by atomic mass is 10.1. The number of halogens is 3. The first-order valence-corrected chi connectivity index (χ1v) is 9.44. The lowest BCUT2D eigenvalue weighted by molar-refractivity contribution is -0.274. The first-order chi connectivity index (χ1) is 14.4. The molecule has 0 saturated carbocycles. The maximum absolute atomic E-state index is 12.2. The number of benzene rings is 1. The van der Waals surface area contributed by atoms with Gasteiger partial charge in [-0.15, -0.1) is 13.2 Å². The average Bonchev–Trinajstić information content (AvgIpc) is 3.17. The van der Waals surface area contributed by atoms with Crippen molar-refractivity contribution in [2.24, 2.45) is 0 Å². The quantitative estimate of drug-likeness (QED) is 0.625. The molecule has 158 valence electrons. The van der Waals surface area contributed by atoms with Gasteiger partial charge in [0.15, 0.2) is 0 Å². The SMILES string of the molecule is Cc1ccc(-c2noc(CN3CCN(c4ccc(OC(F)(F)F)cn4)CC3)n2)cc1. The zero-order chi connectivity index (χ0) is 21.1. The minimum Gasteiger partial charge on any atom is -0.404 e. The Morgan fingerprint density at radius 1 is 1.03 bits per heavy atom. The molecule has 0 bridgehead atoms. The van der Waals surface area contributed by atoms with E-state index in [9.17, 15) is 13.2 Å². The summed E-state index contributed by atoms with van der Waals surface area (Å²) in [5.41, 5.74) is 2.07. The van der Waals surface area contributed by atoms with Crippen molar-refractivity contribution < 1.29 is 22.4 Å². The molecule has 1 saturated heterocycles. The number of alkyl halides is 3. The fourth-order valence-corrected chi connectivity index (χ4v) is 3.22. The van der Waals surface area contributed by atoms with Crippen LogP contribution in [0.2, 0.25) is 0 Å². The van der Waals surface area contributed by atoms with Crippen LogP contribution in [0.5, 0.6) is 5.75 Å². The molecule has 1 aromatic carbocycles. The van der Waals surface area contributed by atoms with E-state index in [2.05, 4.69) is 24.8 Å². The first kappa shape index (κ1) is 20.1. The number of hydrogen-bond acceptors (Lipinski definition) is 7. The highest BCUT2D eigenvalue weighted by Crippen LogP contribution is 2.24. The summed E-state index contributed by atoms with van der Waals surface area (Å²) < 4.78 is 46.0. The predicted molar refractivity (Wildman–Crippen MR) is 103 cm³/mol. The van der Waals surface area contributed by atoms with Crippen molar-refractivity contribution in [1.29, 1.82) is 0 Å².